The third-order valence-corrected chi connectivity index (χ3v) is 6.80. The maximum absolute atomic E-state index is 14.3. The van der Waals surface area contributed by atoms with Gasteiger partial charge >= 0.3 is 0 Å². The zero-order chi connectivity index (χ0) is 20.4. The molecule has 1 aliphatic heterocycles. The van der Waals surface area contributed by atoms with Crippen LogP contribution in [0, 0.1) is 11.7 Å². The summed E-state index contributed by atoms with van der Waals surface area (Å²) in [6.45, 7) is 2.19. The SMILES string of the molecule is C[C@@H]1CCCC[C@@H]1N1C(=O)/C(=C/c2c(F)cccc2Cl)SC1=Nc1ccccc1. The Bertz CT molecular complexity index is 956. The van der Waals surface area contributed by atoms with Crippen molar-refractivity contribution in [1.82, 2.24) is 4.90 Å². The second kappa shape index (κ2) is 8.72. The third kappa shape index (κ3) is 4.26. The van der Waals surface area contributed by atoms with Crippen LogP contribution in [0.15, 0.2) is 58.4 Å². The molecule has 2 aliphatic rings. The summed E-state index contributed by atoms with van der Waals surface area (Å²) < 4.78 is 14.3. The van der Waals surface area contributed by atoms with Crippen LogP contribution in [-0.2, 0) is 4.79 Å². The fourth-order valence-corrected chi connectivity index (χ4v) is 5.17. The highest BCUT2D eigenvalue weighted by Crippen LogP contribution is 2.40. The second-order valence-electron chi connectivity index (χ2n) is 7.48. The van der Waals surface area contributed by atoms with Crippen molar-refractivity contribution in [2.75, 3.05) is 0 Å². The molecule has 1 saturated heterocycles. The van der Waals surface area contributed by atoms with Crippen LogP contribution >= 0.6 is 23.4 Å². The second-order valence-corrected chi connectivity index (χ2v) is 8.90. The van der Waals surface area contributed by atoms with Crippen LogP contribution in [0.3, 0.4) is 0 Å². The molecule has 0 bridgehead atoms. The number of benzene rings is 2. The molecule has 2 aromatic carbocycles. The van der Waals surface area contributed by atoms with E-state index in [1.165, 1.54) is 24.2 Å². The van der Waals surface area contributed by atoms with E-state index >= 15 is 0 Å². The van der Waals surface area contributed by atoms with Crippen molar-refractivity contribution in [3.63, 3.8) is 0 Å². The molecule has 150 valence electrons. The molecule has 0 spiro atoms. The lowest BCUT2D eigenvalue weighted by Crippen LogP contribution is -2.44. The van der Waals surface area contributed by atoms with Gasteiger partial charge in [-0.05, 0) is 60.9 Å². The van der Waals surface area contributed by atoms with E-state index in [1.807, 2.05) is 35.2 Å². The lowest BCUT2D eigenvalue weighted by Gasteiger charge is -2.35. The van der Waals surface area contributed by atoms with Crippen LogP contribution < -0.4 is 0 Å². The van der Waals surface area contributed by atoms with Gasteiger partial charge in [0, 0.05) is 11.6 Å². The van der Waals surface area contributed by atoms with Crippen molar-refractivity contribution in [1.29, 1.82) is 0 Å². The van der Waals surface area contributed by atoms with Gasteiger partial charge in [-0.1, -0.05) is 55.6 Å². The van der Waals surface area contributed by atoms with Crippen LogP contribution in [-0.4, -0.2) is 22.0 Å². The summed E-state index contributed by atoms with van der Waals surface area (Å²) in [7, 11) is 0. The number of aliphatic imine (C=N–C) groups is 1. The molecule has 3 nitrogen and oxygen atoms in total. The first kappa shape index (κ1) is 20.2. The minimum atomic E-state index is -0.440. The molecule has 0 unspecified atom stereocenters. The molecule has 1 aliphatic carbocycles. The van der Waals surface area contributed by atoms with Crippen LogP contribution in [0.4, 0.5) is 10.1 Å². The van der Waals surface area contributed by atoms with Crippen LogP contribution in [0.1, 0.15) is 38.2 Å². The number of amidine groups is 1. The summed E-state index contributed by atoms with van der Waals surface area (Å²) in [5, 5.41) is 0.940. The lowest BCUT2D eigenvalue weighted by molar-refractivity contribution is -0.124. The average Bonchev–Trinajstić information content (AvgIpc) is 3.01. The van der Waals surface area contributed by atoms with Crippen molar-refractivity contribution < 1.29 is 9.18 Å². The third-order valence-electron chi connectivity index (χ3n) is 5.49. The number of thioether (sulfide) groups is 1. The summed E-state index contributed by atoms with van der Waals surface area (Å²) in [4.78, 5) is 20.4. The normalized spacial score (nSPS) is 25.2. The molecule has 2 atom stereocenters. The molecule has 29 heavy (non-hydrogen) atoms. The minimum absolute atomic E-state index is 0.105. The number of halogens is 2. The van der Waals surface area contributed by atoms with Gasteiger partial charge in [0.15, 0.2) is 5.17 Å². The Balaban J connectivity index is 1.76. The maximum Gasteiger partial charge on any atom is 0.267 e. The number of hydrogen-bond donors (Lipinski definition) is 0. The number of amides is 1. The van der Waals surface area contributed by atoms with Gasteiger partial charge in [0.1, 0.15) is 5.82 Å². The monoisotopic (exact) mass is 428 g/mol. The molecule has 2 aromatic rings. The number of carbonyl (C=O) groups is 1. The zero-order valence-corrected chi connectivity index (χ0v) is 17.7. The zero-order valence-electron chi connectivity index (χ0n) is 16.1. The first-order valence-corrected chi connectivity index (χ1v) is 11.0. The molecule has 1 heterocycles. The Hall–Kier alpha value is -2.11. The van der Waals surface area contributed by atoms with Crippen molar-refractivity contribution in [3.05, 3.63) is 69.8 Å². The van der Waals surface area contributed by atoms with E-state index in [-0.39, 0.29) is 22.5 Å². The minimum Gasteiger partial charge on any atom is -0.283 e. The van der Waals surface area contributed by atoms with Gasteiger partial charge in [0.2, 0.25) is 0 Å². The molecular formula is C23H22ClFN2OS. The fourth-order valence-electron chi connectivity index (χ4n) is 3.93. The van der Waals surface area contributed by atoms with E-state index in [0.29, 0.717) is 16.0 Å². The van der Waals surface area contributed by atoms with E-state index < -0.39 is 5.82 Å². The van der Waals surface area contributed by atoms with Gasteiger partial charge in [-0.25, -0.2) is 9.38 Å². The molecular weight excluding hydrogens is 407 g/mol. The Morgan fingerprint density at radius 3 is 2.62 bits per heavy atom. The summed E-state index contributed by atoms with van der Waals surface area (Å²) in [5.74, 6) is -0.169. The van der Waals surface area contributed by atoms with Crippen molar-refractivity contribution in [2.45, 2.75) is 38.6 Å². The highest BCUT2D eigenvalue weighted by Gasteiger charge is 2.41. The number of nitrogens with zero attached hydrogens (tertiary/aromatic N) is 2. The van der Waals surface area contributed by atoms with E-state index in [4.69, 9.17) is 16.6 Å². The van der Waals surface area contributed by atoms with Crippen LogP contribution in [0.5, 0.6) is 0 Å². The van der Waals surface area contributed by atoms with E-state index in [1.54, 1.807) is 18.2 Å². The predicted molar refractivity (Wildman–Crippen MR) is 119 cm³/mol. The Morgan fingerprint density at radius 1 is 1.14 bits per heavy atom. The number of carbonyl (C=O) groups excluding carboxylic acids is 1. The number of hydrogen-bond acceptors (Lipinski definition) is 3. The first-order valence-electron chi connectivity index (χ1n) is 9.85. The number of para-hydroxylation sites is 1. The fraction of sp³-hybridized carbons (Fsp3) is 0.304. The quantitative estimate of drug-likeness (QED) is 0.512. The predicted octanol–water partition coefficient (Wildman–Crippen LogP) is 6.66. The molecule has 0 aromatic heterocycles. The van der Waals surface area contributed by atoms with E-state index in [0.717, 1.165) is 24.9 Å². The van der Waals surface area contributed by atoms with Gasteiger partial charge in [-0.15, -0.1) is 0 Å². The average molecular weight is 429 g/mol. The Labute approximate surface area is 179 Å². The van der Waals surface area contributed by atoms with Gasteiger partial charge in [-0.3, -0.25) is 9.69 Å². The highest BCUT2D eigenvalue weighted by molar-refractivity contribution is 8.18. The molecule has 0 radical (unpaired) electrons. The van der Waals surface area contributed by atoms with E-state index in [9.17, 15) is 9.18 Å². The van der Waals surface area contributed by atoms with E-state index in [2.05, 4.69) is 6.92 Å². The van der Waals surface area contributed by atoms with Crippen molar-refractivity contribution >= 4 is 46.2 Å². The maximum atomic E-state index is 14.3. The van der Waals surface area contributed by atoms with Gasteiger partial charge in [-0.2, -0.15) is 0 Å². The molecule has 2 fully saturated rings. The molecule has 4 rings (SSSR count). The largest absolute Gasteiger partial charge is 0.283 e. The first-order chi connectivity index (χ1) is 14.0. The lowest BCUT2D eigenvalue weighted by atomic mass is 9.85. The standard InChI is InChI=1S/C23H22ClFN2OS/c1-15-8-5-6-13-20(15)27-22(28)21(14-17-18(24)11-7-12-19(17)25)29-23(27)26-16-9-3-2-4-10-16/h2-4,7,9-12,14-15,20H,5-6,8,13H2,1H3/b21-14-,26-23?/t15-,20+/m1/s1. The van der Waals surface area contributed by atoms with Crippen molar-refractivity contribution in [2.24, 2.45) is 10.9 Å². The van der Waals surface area contributed by atoms with Crippen LogP contribution in [0.2, 0.25) is 5.02 Å². The van der Waals surface area contributed by atoms with Crippen LogP contribution in [0.25, 0.3) is 6.08 Å². The molecule has 1 saturated carbocycles. The summed E-state index contributed by atoms with van der Waals surface area (Å²) in [5.41, 5.74) is 1.03. The molecule has 1 amide bonds. The summed E-state index contributed by atoms with van der Waals surface area (Å²) in [6, 6.07) is 14.2. The smallest absolute Gasteiger partial charge is 0.267 e. The molecule has 6 heteroatoms. The van der Waals surface area contributed by atoms with Gasteiger partial charge in [0.05, 0.1) is 15.6 Å². The Morgan fingerprint density at radius 2 is 1.90 bits per heavy atom. The highest BCUT2D eigenvalue weighted by atomic mass is 35.5. The number of rotatable bonds is 3. The topological polar surface area (TPSA) is 32.7 Å². The Kier molecular flexibility index (Phi) is 6.07. The van der Waals surface area contributed by atoms with Crippen molar-refractivity contribution in [3.8, 4) is 0 Å². The van der Waals surface area contributed by atoms with Gasteiger partial charge in [0.25, 0.3) is 5.91 Å². The summed E-state index contributed by atoms with van der Waals surface area (Å²) >= 11 is 7.47. The molecule has 0 N–H and O–H groups in total. The van der Waals surface area contributed by atoms with Gasteiger partial charge < -0.3 is 0 Å². The summed E-state index contributed by atoms with van der Waals surface area (Å²) in [6.07, 6.45) is 5.88.